The summed E-state index contributed by atoms with van der Waals surface area (Å²) in [4.78, 5) is 13.0. The lowest BCUT2D eigenvalue weighted by Crippen LogP contribution is -2.39. The van der Waals surface area contributed by atoms with E-state index in [1.165, 1.54) is 18.3 Å². The van der Waals surface area contributed by atoms with Gasteiger partial charge in [-0.1, -0.05) is 63.4 Å². The fourth-order valence-electron chi connectivity index (χ4n) is 4.05. The molecule has 7 nitrogen and oxygen atoms in total. The number of aryl methyl sites for hydroxylation is 2. The number of rotatable bonds is 8. The molecular weight excluding hydrogens is 588 g/mol. The molecule has 38 heavy (non-hydrogen) atoms. The standard InChI is InChI=1S/C28H26BrClN4O3S/c1-19-11-13-25(14-12-19)38(36,37)33(24-8-6-7-23(29)16-24)18-28(35)32-31-17-22-15-20(2)34(21(22)3)27-10-5-4-9-26(27)30/h4-17H,18H2,1-3H3,(H,32,35)/b31-17-. The van der Waals surface area contributed by atoms with Crippen molar-refractivity contribution < 1.29 is 13.2 Å². The number of sulfonamides is 1. The van der Waals surface area contributed by atoms with Gasteiger partial charge in [-0.2, -0.15) is 5.10 Å². The second-order valence-electron chi connectivity index (χ2n) is 8.71. The molecule has 0 aliphatic carbocycles. The van der Waals surface area contributed by atoms with Gasteiger partial charge in [0.2, 0.25) is 0 Å². The molecule has 1 aromatic heterocycles. The molecule has 0 aliphatic heterocycles. The van der Waals surface area contributed by atoms with E-state index >= 15 is 0 Å². The van der Waals surface area contributed by atoms with E-state index in [1.807, 2.05) is 55.7 Å². The molecule has 0 radical (unpaired) electrons. The number of aromatic nitrogens is 1. The fraction of sp³-hybridized carbons (Fsp3) is 0.143. The van der Waals surface area contributed by atoms with E-state index in [-0.39, 0.29) is 4.90 Å². The Hall–Kier alpha value is -3.40. The number of nitrogens with zero attached hydrogens (tertiary/aromatic N) is 3. The summed E-state index contributed by atoms with van der Waals surface area (Å²) in [6.07, 6.45) is 1.53. The molecule has 1 heterocycles. The Morgan fingerprint density at radius 3 is 2.42 bits per heavy atom. The van der Waals surface area contributed by atoms with Gasteiger partial charge in [0, 0.05) is 21.4 Å². The Balaban J connectivity index is 1.56. The van der Waals surface area contributed by atoms with Crippen LogP contribution in [0.5, 0.6) is 0 Å². The summed E-state index contributed by atoms with van der Waals surface area (Å²) in [6.45, 7) is 5.31. The van der Waals surface area contributed by atoms with Crippen LogP contribution in [0.25, 0.3) is 5.69 Å². The fourth-order valence-corrected chi connectivity index (χ4v) is 6.07. The molecule has 0 saturated heterocycles. The van der Waals surface area contributed by atoms with Crippen molar-refractivity contribution in [3.8, 4) is 5.69 Å². The van der Waals surface area contributed by atoms with Crippen molar-refractivity contribution in [3.05, 3.63) is 111 Å². The molecule has 0 fully saturated rings. The van der Waals surface area contributed by atoms with Gasteiger partial charge in [-0.05, 0) is 69.3 Å². The number of halogens is 2. The van der Waals surface area contributed by atoms with Gasteiger partial charge < -0.3 is 4.57 Å². The monoisotopic (exact) mass is 612 g/mol. The minimum absolute atomic E-state index is 0.0892. The Bertz CT molecular complexity index is 1620. The number of anilines is 1. The van der Waals surface area contributed by atoms with Gasteiger partial charge in [0.15, 0.2) is 0 Å². The SMILES string of the molecule is Cc1ccc(S(=O)(=O)N(CC(=O)N/N=C\c2cc(C)n(-c3ccccc3Cl)c2C)c2cccc(Br)c2)cc1. The van der Waals surface area contributed by atoms with Gasteiger partial charge >= 0.3 is 0 Å². The molecule has 0 unspecified atom stereocenters. The van der Waals surface area contributed by atoms with Crippen LogP contribution in [0.4, 0.5) is 5.69 Å². The van der Waals surface area contributed by atoms with Crippen LogP contribution in [0.3, 0.4) is 0 Å². The first-order valence-electron chi connectivity index (χ1n) is 11.7. The van der Waals surface area contributed by atoms with Crippen molar-refractivity contribution in [2.75, 3.05) is 10.8 Å². The van der Waals surface area contributed by atoms with Gasteiger partial charge in [-0.25, -0.2) is 13.8 Å². The lowest BCUT2D eigenvalue weighted by atomic mass is 10.2. The number of para-hydroxylation sites is 1. The van der Waals surface area contributed by atoms with Gasteiger partial charge in [0.05, 0.1) is 27.5 Å². The van der Waals surface area contributed by atoms with Gasteiger partial charge in [-0.3, -0.25) is 9.10 Å². The van der Waals surface area contributed by atoms with Crippen LogP contribution in [0.2, 0.25) is 5.02 Å². The second kappa shape index (κ2) is 11.6. The van der Waals surface area contributed by atoms with Gasteiger partial charge in [0.1, 0.15) is 6.54 Å². The number of carbonyl (C=O) groups excluding carboxylic acids is 1. The maximum absolute atomic E-state index is 13.5. The highest BCUT2D eigenvalue weighted by Crippen LogP contribution is 2.27. The minimum Gasteiger partial charge on any atom is -0.316 e. The quantitative estimate of drug-likeness (QED) is 0.191. The number of hydrogen-bond donors (Lipinski definition) is 1. The van der Waals surface area contributed by atoms with Gasteiger partial charge in [0.25, 0.3) is 15.9 Å². The van der Waals surface area contributed by atoms with Crippen LogP contribution in [0.1, 0.15) is 22.5 Å². The van der Waals surface area contributed by atoms with E-state index in [4.69, 9.17) is 11.6 Å². The van der Waals surface area contributed by atoms with E-state index in [0.717, 1.165) is 32.5 Å². The summed E-state index contributed by atoms with van der Waals surface area (Å²) in [5, 5.41) is 4.72. The van der Waals surface area contributed by atoms with Crippen molar-refractivity contribution in [2.24, 2.45) is 5.10 Å². The van der Waals surface area contributed by atoms with Crippen LogP contribution in [-0.4, -0.2) is 31.7 Å². The second-order valence-corrected chi connectivity index (χ2v) is 11.9. The largest absolute Gasteiger partial charge is 0.316 e. The Labute approximate surface area is 235 Å². The van der Waals surface area contributed by atoms with Crippen molar-refractivity contribution in [1.29, 1.82) is 0 Å². The molecule has 1 amide bonds. The first-order chi connectivity index (χ1) is 18.1. The molecule has 196 valence electrons. The highest BCUT2D eigenvalue weighted by molar-refractivity contribution is 9.10. The summed E-state index contributed by atoms with van der Waals surface area (Å²) in [7, 11) is -4.02. The predicted molar refractivity (Wildman–Crippen MR) is 156 cm³/mol. The average molecular weight is 614 g/mol. The number of hydrogen-bond acceptors (Lipinski definition) is 4. The lowest BCUT2D eigenvalue weighted by molar-refractivity contribution is -0.119. The molecule has 0 spiro atoms. The third kappa shape index (κ3) is 6.01. The summed E-state index contributed by atoms with van der Waals surface area (Å²) in [6, 6.07) is 22.7. The van der Waals surface area contributed by atoms with E-state index in [1.54, 1.807) is 36.4 Å². The molecule has 4 rings (SSSR count). The smallest absolute Gasteiger partial charge is 0.264 e. The van der Waals surface area contributed by atoms with Crippen molar-refractivity contribution in [2.45, 2.75) is 25.7 Å². The molecule has 10 heteroatoms. The summed E-state index contributed by atoms with van der Waals surface area (Å²) in [5.74, 6) is -0.586. The lowest BCUT2D eigenvalue weighted by Gasteiger charge is -2.24. The van der Waals surface area contributed by atoms with Crippen LogP contribution < -0.4 is 9.73 Å². The first kappa shape index (κ1) is 27.6. The van der Waals surface area contributed by atoms with Crippen molar-refractivity contribution in [1.82, 2.24) is 9.99 Å². The molecule has 0 atom stereocenters. The molecule has 3 aromatic carbocycles. The van der Waals surface area contributed by atoms with Gasteiger partial charge in [-0.15, -0.1) is 0 Å². The van der Waals surface area contributed by atoms with E-state index < -0.39 is 22.5 Å². The molecule has 4 aromatic rings. The summed E-state index contributed by atoms with van der Waals surface area (Å²) < 4.78 is 30.8. The third-order valence-corrected chi connectivity index (χ3v) is 8.55. The van der Waals surface area contributed by atoms with Crippen LogP contribution in [0, 0.1) is 20.8 Å². The van der Waals surface area contributed by atoms with E-state index in [9.17, 15) is 13.2 Å². The maximum atomic E-state index is 13.5. The van der Waals surface area contributed by atoms with E-state index in [0.29, 0.717) is 15.2 Å². The summed E-state index contributed by atoms with van der Waals surface area (Å²) in [5.41, 5.74) is 7.23. The molecule has 0 aliphatic rings. The zero-order valence-electron chi connectivity index (χ0n) is 21.0. The average Bonchev–Trinajstić information content (AvgIpc) is 3.15. The zero-order valence-corrected chi connectivity index (χ0v) is 24.2. The van der Waals surface area contributed by atoms with Crippen molar-refractivity contribution in [3.63, 3.8) is 0 Å². The number of carbonyl (C=O) groups is 1. The third-order valence-electron chi connectivity index (χ3n) is 5.95. The number of amides is 1. The van der Waals surface area contributed by atoms with Crippen molar-refractivity contribution >= 4 is 55.4 Å². The van der Waals surface area contributed by atoms with Crippen LogP contribution in [0.15, 0.2) is 93.3 Å². The molecule has 0 saturated carbocycles. The molecule has 1 N–H and O–H groups in total. The summed E-state index contributed by atoms with van der Waals surface area (Å²) >= 11 is 9.76. The van der Waals surface area contributed by atoms with Crippen LogP contribution >= 0.6 is 27.5 Å². The highest BCUT2D eigenvalue weighted by Gasteiger charge is 2.27. The predicted octanol–water partition coefficient (Wildman–Crippen LogP) is 6.16. The minimum atomic E-state index is -4.02. The normalized spacial score (nSPS) is 11.6. The Kier molecular flexibility index (Phi) is 8.40. The number of benzene rings is 3. The highest BCUT2D eigenvalue weighted by atomic mass is 79.9. The molecular formula is C28H26BrClN4O3S. The zero-order chi connectivity index (χ0) is 27.4. The van der Waals surface area contributed by atoms with Crippen LogP contribution in [-0.2, 0) is 14.8 Å². The first-order valence-corrected chi connectivity index (χ1v) is 14.3. The molecule has 0 bridgehead atoms. The maximum Gasteiger partial charge on any atom is 0.264 e. The number of nitrogens with one attached hydrogen (secondary N) is 1. The number of hydrazone groups is 1. The Morgan fingerprint density at radius 1 is 1.03 bits per heavy atom. The Morgan fingerprint density at radius 2 is 1.74 bits per heavy atom. The van der Waals surface area contributed by atoms with E-state index in [2.05, 4.69) is 26.5 Å². The topological polar surface area (TPSA) is 83.8 Å².